The average Bonchev–Trinajstić information content (AvgIpc) is 3.71. The fourth-order valence-electron chi connectivity index (χ4n) is 9.10. The predicted molar refractivity (Wildman–Crippen MR) is 242 cm³/mol. The Morgan fingerprint density at radius 2 is 1.46 bits per heavy atom. The van der Waals surface area contributed by atoms with Crippen LogP contribution in [0.25, 0.3) is 0 Å². The maximum atomic E-state index is 14.5. The largest absolute Gasteiger partial charge is 0.480 e. The molecule has 0 aromatic heterocycles. The third-order valence-corrected chi connectivity index (χ3v) is 12.9. The van der Waals surface area contributed by atoms with E-state index >= 15 is 0 Å². The maximum Gasteiger partial charge on any atom is 0.326 e. The molecule has 1 aromatic rings. The minimum Gasteiger partial charge on any atom is -0.480 e. The third-order valence-electron chi connectivity index (χ3n) is 12.9. The Hall–Kier alpha value is -3.55. The lowest BCUT2D eigenvalue weighted by Gasteiger charge is -2.41. The van der Waals surface area contributed by atoms with E-state index in [9.17, 15) is 29.1 Å². The molecule has 13 nitrogen and oxygen atoms in total. The molecule has 9 atom stereocenters. The molecule has 13 heteroatoms. The Morgan fingerprint density at radius 3 is 2.00 bits per heavy atom. The quantitative estimate of drug-likeness (QED) is 0.0759. The van der Waals surface area contributed by atoms with Crippen molar-refractivity contribution in [3.8, 4) is 0 Å². The molecule has 0 bridgehead atoms. The van der Waals surface area contributed by atoms with Gasteiger partial charge in [0.1, 0.15) is 12.1 Å². The number of likely N-dealkylation sites (N-methyl/N-ethyl adjacent to an activating group) is 2. The fourth-order valence-corrected chi connectivity index (χ4v) is 9.10. The van der Waals surface area contributed by atoms with E-state index < -0.39 is 54.2 Å². The SMILES string of the molecule is CCCCCCCCCN(C)[C@H](C(=O)N[C@H](C(=O)N(C)[C@@H]([C@@H](C)CC)[C@@H](CC(=O)N1CCC[C@H]1[C@H](OC)[C@@H](C)C(=O)N[C@@H](Cc1ccccc1)C(=O)O)OC)C(C)C)C(C)C. The first-order chi connectivity index (χ1) is 28.9. The van der Waals surface area contributed by atoms with Gasteiger partial charge in [0.05, 0.1) is 42.7 Å². The van der Waals surface area contributed by atoms with Crippen LogP contribution in [-0.2, 0) is 39.9 Å². The minimum atomic E-state index is -1.13. The summed E-state index contributed by atoms with van der Waals surface area (Å²) in [4.78, 5) is 74.1. The number of benzene rings is 1. The lowest BCUT2D eigenvalue weighted by molar-refractivity contribution is -0.148. The van der Waals surface area contributed by atoms with Crippen molar-refractivity contribution < 1.29 is 38.6 Å². The smallest absolute Gasteiger partial charge is 0.326 e. The number of ether oxygens (including phenoxy) is 2. The van der Waals surface area contributed by atoms with E-state index in [0.29, 0.717) is 19.4 Å². The molecular weight excluding hydrogens is 775 g/mol. The van der Waals surface area contributed by atoms with Crippen molar-refractivity contribution in [3.63, 3.8) is 0 Å². The summed E-state index contributed by atoms with van der Waals surface area (Å²) < 4.78 is 12.0. The highest BCUT2D eigenvalue weighted by Gasteiger charge is 2.43. The van der Waals surface area contributed by atoms with Crippen LogP contribution >= 0.6 is 0 Å². The molecule has 61 heavy (non-hydrogen) atoms. The summed E-state index contributed by atoms with van der Waals surface area (Å²) in [6, 6.07) is 5.93. The van der Waals surface area contributed by atoms with Crippen LogP contribution in [0.5, 0.6) is 0 Å². The average molecular weight is 858 g/mol. The second-order valence-corrected chi connectivity index (χ2v) is 18.2. The Balaban J connectivity index is 2.22. The molecule has 2 rings (SSSR count). The van der Waals surface area contributed by atoms with Crippen molar-refractivity contribution in [3.05, 3.63) is 35.9 Å². The van der Waals surface area contributed by atoms with Crippen LogP contribution < -0.4 is 10.6 Å². The summed E-state index contributed by atoms with van der Waals surface area (Å²) in [7, 11) is 6.80. The van der Waals surface area contributed by atoms with Gasteiger partial charge in [-0.3, -0.25) is 24.1 Å². The van der Waals surface area contributed by atoms with Gasteiger partial charge >= 0.3 is 5.97 Å². The Bertz CT molecular complexity index is 1480. The zero-order chi connectivity index (χ0) is 45.8. The van der Waals surface area contributed by atoms with Gasteiger partial charge in [-0.2, -0.15) is 0 Å². The first kappa shape index (κ1) is 53.6. The predicted octanol–water partition coefficient (Wildman–Crippen LogP) is 6.57. The number of amides is 4. The van der Waals surface area contributed by atoms with Gasteiger partial charge in [-0.15, -0.1) is 0 Å². The molecule has 0 saturated carbocycles. The number of unbranched alkanes of at least 4 members (excludes halogenated alkanes) is 6. The van der Waals surface area contributed by atoms with E-state index in [0.717, 1.165) is 31.4 Å². The van der Waals surface area contributed by atoms with E-state index in [4.69, 9.17) is 9.47 Å². The number of likely N-dealkylation sites (tertiary alicyclic amines) is 1. The first-order valence-corrected chi connectivity index (χ1v) is 23.1. The summed E-state index contributed by atoms with van der Waals surface area (Å²) in [6.07, 6.45) is 9.18. The maximum absolute atomic E-state index is 14.5. The minimum absolute atomic E-state index is 0.00761. The fraction of sp³-hybridized carbons (Fsp3) is 0.771. The van der Waals surface area contributed by atoms with Gasteiger partial charge in [0, 0.05) is 34.2 Å². The van der Waals surface area contributed by atoms with Crippen molar-refractivity contribution in [2.45, 2.75) is 175 Å². The van der Waals surface area contributed by atoms with Crippen molar-refractivity contribution in [1.82, 2.24) is 25.3 Å². The van der Waals surface area contributed by atoms with Crippen LogP contribution in [0.1, 0.15) is 132 Å². The van der Waals surface area contributed by atoms with Crippen LogP contribution in [0.4, 0.5) is 0 Å². The Kier molecular flexibility index (Phi) is 24.2. The number of carbonyl (C=O) groups excluding carboxylic acids is 4. The molecule has 3 N–H and O–H groups in total. The van der Waals surface area contributed by atoms with E-state index in [1.807, 2.05) is 78.9 Å². The number of rotatable bonds is 29. The van der Waals surface area contributed by atoms with Crippen LogP contribution in [0.15, 0.2) is 30.3 Å². The summed E-state index contributed by atoms with van der Waals surface area (Å²) >= 11 is 0. The zero-order valence-electron chi connectivity index (χ0n) is 39.8. The van der Waals surface area contributed by atoms with Gasteiger partial charge in [-0.05, 0) is 56.2 Å². The second kappa shape index (κ2) is 27.5. The second-order valence-electron chi connectivity index (χ2n) is 18.2. The Morgan fingerprint density at radius 1 is 0.836 bits per heavy atom. The number of nitrogens with one attached hydrogen (secondary N) is 2. The van der Waals surface area contributed by atoms with Crippen molar-refractivity contribution in [1.29, 1.82) is 0 Å². The standard InChI is InChI=1S/C48H83N5O8/c1-13-15-16-17-18-19-23-28-51(9)42(33(5)6)46(56)50-41(32(3)4)47(57)52(10)43(34(7)14-2)39(60-11)31-40(54)53-29-24-27-38(53)44(61-12)35(8)45(55)49-37(48(58)59)30-36-25-21-20-22-26-36/h20-22,25-26,32-35,37-39,41-44H,13-19,23-24,27-31H2,1-12H3,(H,49,55)(H,50,56)(H,58,59)/t34-,35+,37-,38-,39+,41-,42-,43-,44+/m0/s1. The van der Waals surface area contributed by atoms with Crippen LogP contribution in [0, 0.1) is 23.7 Å². The zero-order valence-corrected chi connectivity index (χ0v) is 39.8. The number of carbonyl (C=O) groups is 5. The number of carboxylic acids is 1. The molecule has 0 aliphatic carbocycles. The van der Waals surface area contributed by atoms with Crippen molar-refractivity contribution >= 4 is 29.6 Å². The number of aliphatic carboxylic acids is 1. The number of hydrogen-bond acceptors (Lipinski definition) is 8. The molecule has 1 heterocycles. The highest BCUT2D eigenvalue weighted by molar-refractivity contribution is 5.90. The molecular formula is C48H83N5O8. The lowest BCUT2D eigenvalue weighted by atomic mass is 9.89. The van der Waals surface area contributed by atoms with Crippen molar-refractivity contribution in [2.75, 3.05) is 41.4 Å². The van der Waals surface area contributed by atoms with Gasteiger partial charge in [-0.25, -0.2) is 4.79 Å². The van der Waals surface area contributed by atoms with Gasteiger partial charge in [0.2, 0.25) is 23.6 Å². The molecule has 1 fully saturated rings. The first-order valence-electron chi connectivity index (χ1n) is 23.1. The van der Waals surface area contributed by atoms with Gasteiger partial charge in [0.15, 0.2) is 0 Å². The van der Waals surface area contributed by atoms with Crippen LogP contribution in [0.2, 0.25) is 0 Å². The molecule has 0 radical (unpaired) electrons. The summed E-state index contributed by atoms with van der Waals surface area (Å²) in [6.45, 7) is 17.2. The molecule has 0 spiro atoms. The number of hydrogen-bond donors (Lipinski definition) is 3. The highest BCUT2D eigenvalue weighted by atomic mass is 16.5. The van der Waals surface area contributed by atoms with Crippen LogP contribution in [0.3, 0.4) is 0 Å². The van der Waals surface area contributed by atoms with E-state index in [2.05, 4.69) is 22.5 Å². The van der Waals surface area contributed by atoms with Gasteiger partial charge in [-0.1, -0.05) is 131 Å². The molecule has 1 aromatic carbocycles. The summed E-state index contributed by atoms with van der Waals surface area (Å²) in [5.74, 6) is -3.13. The molecule has 1 saturated heterocycles. The lowest BCUT2D eigenvalue weighted by Crippen LogP contribution is -2.60. The van der Waals surface area contributed by atoms with Gasteiger partial charge < -0.3 is 35.0 Å². The third kappa shape index (κ3) is 16.3. The summed E-state index contributed by atoms with van der Waals surface area (Å²) in [5.41, 5.74) is 0.788. The topological polar surface area (TPSA) is 158 Å². The molecule has 1 aliphatic rings. The van der Waals surface area contributed by atoms with Gasteiger partial charge in [0.25, 0.3) is 0 Å². The number of carboxylic acid groups (broad SMARTS) is 1. The molecule has 1 aliphatic heterocycles. The van der Waals surface area contributed by atoms with Crippen molar-refractivity contribution in [2.24, 2.45) is 23.7 Å². The normalized spacial score (nSPS) is 18.3. The van der Waals surface area contributed by atoms with E-state index in [1.165, 1.54) is 39.2 Å². The summed E-state index contributed by atoms with van der Waals surface area (Å²) in [5, 5.41) is 15.8. The van der Waals surface area contributed by atoms with Crippen LogP contribution in [-0.4, -0.2) is 133 Å². The molecule has 4 amide bonds. The monoisotopic (exact) mass is 858 g/mol. The number of methoxy groups -OCH3 is 2. The van der Waals surface area contributed by atoms with E-state index in [-0.39, 0.29) is 54.4 Å². The molecule has 348 valence electrons. The Labute approximate surface area is 368 Å². The molecule has 0 unspecified atom stereocenters. The van der Waals surface area contributed by atoms with E-state index in [1.54, 1.807) is 30.9 Å². The highest BCUT2D eigenvalue weighted by Crippen LogP contribution is 2.30. The number of nitrogens with zero attached hydrogens (tertiary/aromatic N) is 3.